The highest BCUT2D eigenvalue weighted by Gasteiger charge is 2.69. The molecule has 436 valence electrons. The molecule has 13 nitrogen and oxygen atoms in total. The van der Waals surface area contributed by atoms with Crippen molar-refractivity contribution in [3.8, 4) is 0 Å². The van der Waals surface area contributed by atoms with Gasteiger partial charge in [-0.1, -0.05) is 109 Å². The van der Waals surface area contributed by atoms with Crippen LogP contribution in [0.4, 0.5) is 0 Å². The zero-order valence-electron chi connectivity index (χ0n) is 48.9. The molecule has 3 unspecified atom stereocenters. The van der Waals surface area contributed by atoms with Crippen molar-refractivity contribution in [2.45, 2.75) is 279 Å². The van der Waals surface area contributed by atoms with E-state index in [0.29, 0.717) is 61.4 Å². The number of hydrogen-bond donors (Lipinski definition) is 0. The standard InChI is InChI=1S/C60H97BrO13SSi2/c1-15-77(16-2,17-3)65-28-18-19-44-30-39(6)41(8)51(67-44)34-52-48(42(9)50(69-52)29-38(5)36-66-76(13,14)59(10,11)12)33-43(62)32-45-22-25-49-54(68-45)58-57-56(70-49)55-53(71-57)35-60(72-55,73-58)27-26-46(31-40(7)61)74-75(63,64)47-23-20-37(4)21-24-47/h20-21,23-24,38-39,42,44-46,48-58H,7-8,15-19,22,25-36H2,1-6,9-14H3/t38-,39+,42+,44-,45+,46+,48?,49-,50+,51+,52?,53+,54-,55-,56-,57+,58?,60-/m0/s1. The highest BCUT2D eigenvalue weighted by Crippen LogP contribution is 2.54. The summed E-state index contributed by atoms with van der Waals surface area (Å²) >= 11 is 3.45. The Morgan fingerprint density at radius 1 is 0.870 bits per heavy atom. The van der Waals surface area contributed by atoms with Gasteiger partial charge in [0.1, 0.15) is 36.3 Å². The molecule has 0 aliphatic carbocycles. The molecule has 17 heteroatoms. The summed E-state index contributed by atoms with van der Waals surface area (Å²) in [6, 6.07) is 10.1. The van der Waals surface area contributed by atoms with Crippen LogP contribution in [0.2, 0.25) is 36.3 Å². The Bertz CT molecular complexity index is 2280. The summed E-state index contributed by atoms with van der Waals surface area (Å²) in [6.45, 7) is 37.2. The monoisotopic (exact) mass is 1190 g/mol. The van der Waals surface area contributed by atoms with Gasteiger partial charge in [-0.3, -0.25) is 8.98 Å². The zero-order valence-corrected chi connectivity index (χ0v) is 53.3. The van der Waals surface area contributed by atoms with Crippen molar-refractivity contribution < 1.29 is 59.4 Å². The number of aryl methyl sites for hydroxylation is 1. The average molecular weight is 1190 g/mol. The minimum absolute atomic E-state index is 0.00559. The minimum Gasteiger partial charge on any atom is -0.417 e. The first-order chi connectivity index (χ1) is 36.3. The Morgan fingerprint density at radius 3 is 2.22 bits per heavy atom. The van der Waals surface area contributed by atoms with Gasteiger partial charge in [-0.2, -0.15) is 8.42 Å². The first-order valence-corrected chi connectivity index (χ1v) is 37.4. The first kappa shape index (κ1) is 61.9. The van der Waals surface area contributed by atoms with Crippen LogP contribution in [-0.4, -0.2) is 129 Å². The molecule has 8 fully saturated rings. The van der Waals surface area contributed by atoms with Crippen LogP contribution in [-0.2, 0) is 61.1 Å². The lowest BCUT2D eigenvalue weighted by atomic mass is 9.78. The van der Waals surface area contributed by atoms with Gasteiger partial charge in [-0.25, -0.2) is 0 Å². The third-order valence-electron chi connectivity index (χ3n) is 19.6. The molecule has 77 heavy (non-hydrogen) atoms. The summed E-state index contributed by atoms with van der Waals surface area (Å²) in [5, 5.41) is 0.125. The second-order valence-electron chi connectivity index (χ2n) is 26.1. The average Bonchev–Trinajstić information content (AvgIpc) is 3.91. The number of ether oxygens (including phenoxy) is 7. The van der Waals surface area contributed by atoms with Crippen molar-refractivity contribution in [2.24, 2.45) is 23.7 Å². The van der Waals surface area contributed by atoms with Crippen molar-refractivity contribution >= 4 is 48.5 Å². The maximum absolute atomic E-state index is 14.7. The van der Waals surface area contributed by atoms with Crippen LogP contribution in [0.5, 0.6) is 0 Å². The summed E-state index contributed by atoms with van der Waals surface area (Å²) in [6.07, 6.45) is 4.32. The number of carbonyl (C=O) groups is 1. The molecule has 0 radical (unpaired) electrons. The molecule has 8 aliphatic rings. The van der Waals surface area contributed by atoms with Gasteiger partial charge in [0.05, 0.1) is 53.7 Å². The Morgan fingerprint density at radius 2 is 1.55 bits per heavy atom. The van der Waals surface area contributed by atoms with Crippen LogP contribution in [0.25, 0.3) is 0 Å². The fraction of sp³-hybridized carbons (Fsp3) is 0.817. The summed E-state index contributed by atoms with van der Waals surface area (Å²) in [5.74, 6) is -0.109. The Kier molecular flexibility index (Phi) is 20.4. The van der Waals surface area contributed by atoms with Crippen molar-refractivity contribution in [3.63, 3.8) is 0 Å². The predicted molar refractivity (Wildman–Crippen MR) is 309 cm³/mol. The van der Waals surface area contributed by atoms with Crippen LogP contribution in [0.1, 0.15) is 151 Å². The van der Waals surface area contributed by atoms with Gasteiger partial charge in [-0.15, -0.1) is 0 Å². The zero-order chi connectivity index (χ0) is 55.8. The summed E-state index contributed by atoms with van der Waals surface area (Å²) < 4.78 is 95.3. The van der Waals surface area contributed by atoms with Crippen molar-refractivity contribution in [1.29, 1.82) is 0 Å². The maximum Gasteiger partial charge on any atom is 0.297 e. The van der Waals surface area contributed by atoms with Crippen molar-refractivity contribution in [1.82, 2.24) is 0 Å². The number of hydrogen-bond acceptors (Lipinski definition) is 13. The Hall–Kier alpha value is -1.17. The SMILES string of the molecule is C=C(Br)C[C@@H](CC[C@@]12C[C@H]3O[C@H]4C(O1)[C@H]1O[C@@H](CC(=O)CC5C(C[C@H]6O[C@@H](CCCO[Si](CC)(CC)CC)C[C@@H](C)C6=C)O[C@H](C[C@H](C)CO[Si](C)(C)C(C)(C)C)[C@@H]5C)CC[C@@H]1O[C@H]4[C@H]3O2)OS(=O)(=O)c1ccc(C)cc1. The van der Waals surface area contributed by atoms with E-state index >= 15 is 0 Å². The van der Waals surface area contributed by atoms with Gasteiger partial charge in [-0.05, 0) is 134 Å². The second kappa shape index (κ2) is 25.4. The van der Waals surface area contributed by atoms with Crippen molar-refractivity contribution in [3.05, 3.63) is 53.0 Å². The molecule has 0 saturated carbocycles. The molecule has 6 bridgehead atoms. The fourth-order valence-electron chi connectivity index (χ4n) is 13.4. The number of carbonyl (C=O) groups excluding carboxylic acids is 1. The second-order valence-corrected chi connectivity index (χ2v) is 38.4. The molecule has 0 amide bonds. The first-order valence-electron chi connectivity index (χ1n) is 29.7. The minimum atomic E-state index is -4.06. The number of rotatable bonds is 27. The Balaban J connectivity index is 0.924. The van der Waals surface area contributed by atoms with E-state index in [2.05, 4.69) is 104 Å². The van der Waals surface area contributed by atoms with Gasteiger partial charge < -0.3 is 42.0 Å². The van der Waals surface area contributed by atoms with Crippen LogP contribution < -0.4 is 0 Å². The highest BCUT2D eigenvalue weighted by molar-refractivity contribution is 9.11. The van der Waals surface area contributed by atoms with E-state index in [1.165, 1.54) is 0 Å². The van der Waals surface area contributed by atoms with Crippen LogP contribution in [0.15, 0.2) is 52.4 Å². The highest BCUT2D eigenvalue weighted by atomic mass is 79.9. The Labute approximate surface area is 474 Å². The normalized spacial score (nSPS) is 36.0. The van der Waals surface area contributed by atoms with Crippen LogP contribution in [0.3, 0.4) is 0 Å². The van der Waals surface area contributed by atoms with Gasteiger partial charge >= 0.3 is 0 Å². The third kappa shape index (κ3) is 14.4. The third-order valence-corrected chi connectivity index (χ3v) is 30.4. The molecule has 0 spiro atoms. The molecule has 0 N–H and O–H groups in total. The van der Waals surface area contributed by atoms with E-state index in [1.54, 1.807) is 24.3 Å². The van der Waals surface area contributed by atoms with E-state index in [0.717, 1.165) is 68.0 Å². The lowest BCUT2D eigenvalue weighted by Crippen LogP contribution is -2.61. The van der Waals surface area contributed by atoms with E-state index in [-0.39, 0.29) is 101 Å². The van der Waals surface area contributed by atoms with Gasteiger partial charge in [0.2, 0.25) is 0 Å². The topological polar surface area (TPSA) is 144 Å². The number of ketones is 1. The summed E-state index contributed by atoms with van der Waals surface area (Å²) in [4.78, 5) is 14.8. The molecule has 0 aromatic heterocycles. The van der Waals surface area contributed by atoms with Gasteiger partial charge in [0.15, 0.2) is 22.4 Å². The lowest BCUT2D eigenvalue weighted by molar-refractivity contribution is -0.292. The lowest BCUT2D eigenvalue weighted by Gasteiger charge is -2.47. The van der Waals surface area contributed by atoms with Crippen LogP contribution >= 0.6 is 15.9 Å². The fourth-order valence-corrected chi connectivity index (χ4v) is 18.7. The predicted octanol–water partition coefficient (Wildman–Crippen LogP) is 13.1. The molecule has 8 heterocycles. The van der Waals surface area contributed by atoms with Crippen LogP contribution in [0, 0.1) is 30.6 Å². The smallest absolute Gasteiger partial charge is 0.297 e. The summed E-state index contributed by atoms with van der Waals surface area (Å²) in [5.41, 5.74) is 2.08. The number of Topliss-reactive ketones (excluding diaryl/α,β-unsaturated/α-hetero) is 1. The molecular weight excluding hydrogens is 1100 g/mol. The van der Waals surface area contributed by atoms with Gasteiger partial charge in [0.25, 0.3) is 10.1 Å². The molecule has 1 aromatic rings. The number of halogens is 1. The number of fused-ring (bicyclic) bond motifs is 1. The molecule has 18 atom stereocenters. The molecule has 9 rings (SSSR count). The quantitative estimate of drug-likeness (QED) is 0.0357. The van der Waals surface area contributed by atoms with E-state index in [1.807, 2.05) is 6.92 Å². The van der Waals surface area contributed by atoms with Crippen molar-refractivity contribution in [2.75, 3.05) is 13.2 Å². The largest absolute Gasteiger partial charge is 0.417 e. The maximum atomic E-state index is 14.7. The molecular formula is C60H97BrO13SSi2. The molecule has 8 saturated heterocycles. The molecule has 1 aromatic carbocycles. The number of benzene rings is 1. The van der Waals surface area contributed by atoms with E-state index < -0.39 is 50.9 Å². The van der Waals surface area contributed by atoms with Gasteiger partial charge in [0, 0.05) is 51.7 Å². The summed E-state index contributed by atoms with van der Waals surface area (Å²) in [7, 11) is -7.65. The van der Waals surface area contributed by atoms with E-state index in [4.69, 9.17) is 46.2 Å². The molecule has 8 aliphatic heterocycles. The van der Waals surface area contributed by atoms with E-state index in [9.17, 15) is 13.2 Å².